The molecule has 410 valence electrons. The summed E-state index contributed by atoms with van der Waals surface area (Å²) in [5, 5.41) is 34.7. The summed E-state index contributed by atoms with van der Waals surface area (Å²) in [6, 6.07) is 16.0. The predicted molar refractivity (Wildman–Crippen MR) is 261 cm³/mol. The van der Waals surface area contributed by atoms with E-state index in [1.165, 1.54) is 102 Å². The van der Waals surface area contributed by atoms with E-state index in [2.05, 4.69) is 46.4 Å². The van der Waals surface area contributed by atoms with Crippen molar-refractivity contribution in [1.82, 2.24) is 60.5 Å². The molecule has 3 aliphatic heterocycles. The molecule has 3 amide bonds. The summed E-state index contributed by atoms with van der Waals surface area (Å²) in [7, 11) is -4.72. The van der Waals surface area contributed by atoms with Crippen LogP contribution in [-0.2, 0) is 71.8 Å². The summed E-state index contributed by atoms with van der Waals surface area (Å²) in [5.74, 6) is -2.46. The third-order valence-corrected chi connectivity index (χ3v) is 13.9. The molecule has 9 aromatic rings. The molecule has 3 aliphatic rings. The highest BCUT2D eigenvalue weighted by molar-refractivity contribution is 7.48. The van der Waals surface area contributed by atoms with Crippen LogP contribution < -0.4 is 14.7 Å². The second kappa shape index (κ2) is 21.7. The second-order valence-electron chi connectivity index (χ2n) is 18.0. The fourth-order valence-corrected chi connectivity index (χ4v) is 9.88. The Morgan fingerprint density at radius 2 is 0.787 bits per heavy atom. The molecule has 0 saturated carbocycles. The molecule has 9 heterocycles. The van der Waals surface area contributed by atoms with Crippen LogP contribution in [0, 0.1) is 17.5 Å². The number of hydrogen-bond acceptors (Lipinski definition) is 22. The van der Waals surface area contributed by atoms with E-state index in [-0.39, 0.29) is 107 Å². The topological polar surface area (TPSA) is 304 Å². The largest absolute Gasteiger partial charge is 0.475 e. The smallest absolute Gasteiger partial charge is 0.442 e. The number of carbonyl (C=O) groups is 3. The Bertz CT molecular complexity index is 3370. The summed E-state index contributed by atoms with van der Waals surface area (Å²) in [6.07, 6.45) is 5.62. The number of aromatic nitrogens is 12. The maximum atomic E-state index is 15.7. The first kappa shape index (κ1) is 51.2. The maximum Gasteiger partial charge on any atom is 0.475 e. The molecule has 12 rings (SSSR count). The number of nitrogens with zero attached hydrogens (tertiary/aromatic N) is 15. The van der Waals surface area contributed by atoms with E-state index in [0.717, 1.165) is 18.2 Å². The van der Waals surface area contributed by atoms with Crippen LogP contribution >= 0.6 is 7.82 Å². The molecule has 80 heavy (non-hydrogen) atoms. The van der Waals surface area contributed by atoms with Gasteiger partial charge in [-0.2, -0.15) is 0 Å². The Morgan fingerprint density at radius 3 is 1.06 bits per heavy atom. The van der Waals surface area contributed by atoms with Gasteiger partial charge >= 0.3 is 26.1 Å². The Kier molecular flexibility index (Phi) is 13.9. The van der Waals surface area contributed by atoms with Crippen LogP contribution in [-0.4, -0.2) is 117 Å². The molecule has 3 fully saturated rings. The van der Waals surface area contributed by atoms with Crippen LogP contribution in [0.4, 0.5) is 44.6 Å². The molecule has 28 nitrogen and oxygen atoms in total. The number of halogens is 3. The molecule has 32 heteroatoms. The van der Waals surface area contributed by atoms with Gasteiger partial charge in [-0.1, -0.05) is 31.1 Å². The van der Waals surface area contributed by atoms with E-state index < -0.39 is 81.7 Å². The average molecular weight is 1120 g/mol. The van der Waals surface area contributed by atoms with Gasteiger partial charge in [-0.25, -0.2) is 46.2 Å². The zero-order valence-corrected chi connectivity index (χ0v) is 42.0. The minimum atomic E-state index is -4.72. The van der Waals surface area contributed by atoms with Crippen molar-refractivity contribution in [3.05, 3.63) is 145 Å². The molecular formula is C48H39F3N15O13P. The maximum absolute atomic E-state index is 15.7. The minimum absolute atomic E-state index is 0.0149. The van der Waals surface area contributed by atoms with Crippen LogP contribution in [0.25, 0.3) is 34.0 Å². The Hall–Kier alpha value is -9.58. The van der Waals surface area contributed by atoms with Crippen molar-refractivity contribution in [2.24, 2.45) is 0 Å². The molecule has 0 aliphatic carbocycles. The zero-order chi connectivity index (χ0) is 54.9. The molecule has 0 unspecified atom stereocenters. The normalized spacial score (nSPS) is 17.5. The first-order chi connectivity index (χ1) is 38.8. The van der Waals surface area contributed by atoms with Crippen LogP contribution in [0.3, 0.4) is 0 Å². The van der Waals surface area contributed by atoms with Gasteiger partial charge in [0.15, 0.2) is 17.3 Å². The van der Waals surface area contributed by atoms with Gasteiger partial charge < -0.3 is 27.8 Å². The first-order valence-electron chi connectivity index (χ1n) is 24.1. The fraction of sp³-hybridized carbons (Fsp3) is 0.250. The molecule has 0 spiro atoms. The van der Waals surface area contributed by atoms with E-state index >= 15 is 13.2 Å². The molecular weight excluding hydrogens is 1080 g/mol. The molecule has 3 aromatic carbocycles. The number of benzene rings is 3. The second-order valence-corrected chi connectivity index (χ2v) is 19.7. The number of anilines is 3. The number of rotatable bonds is 21. The van der Waals surface area contributed by atoms with Crippen LogP contribution in [0.15, 0.2) is 124 Å². The Balaban J connectivity index is 0.722. The number of ether oxygens (including phenoxy) is 3. The van der Waals surface area contributed by atoms with Crippen molar-refractivity contribution < 1.29 is 73.5 Å². The number of phosphoric ester groups is 1. The number of cyclic esters (lactones) is 3. The van der Waals surface area contributed by atoms with Gasteiger partial charge in [0.05, 0.1) is 91.6 Å². The zero-order valence-electron chi connectivity index (χ0n) is 41.1. The predicted octanol–water partition coefficient (Wildman–Crippen LogP) is 6.98. The van der Waals surface area contributed by atoms with Crippen molar-refractivity contribution in [1.29, 1.82) is 0 Å². The Morgan fingerprint density at radius 1 is 0.475 bits per heavy atom. The lowest BCUT2D eigenvalue weighted by atomic mass is 10.1. The first-order valence-corrected chi connectivity index (χ1v) is 25.6. The average Bonchev–Trinajstić information content (AvgIpc) is 4.31. The van der Waals surface area contributed by atoms with Gasteiger partial charge in [-0.05, 0) is 54.6 Å². The van der Waals surface area contributed by atoms with Crippen molar-refractivity contribution >= 4 is 43.2 Å². The van der Waals surface area contributed by atoms with E-state index in [0.29, 0.717) is 0 Å². The SMILES string of the molecule is O=C1O[C@@H](Cn2ccnn2)CN1c1ccc(-c2cc(COP(=O)(OCc3cc(-c4ccc(N5C[C@H](Cn6ccnn6)OC5=O)cc4F)on3)OCc3cc(-c4ccc(N5C[C@H](Cn6ccnn6)OC5=O)cc4F)on3)no2)c(F)c1. The van der Waals surface area contributed by atoms with Gasteiger partial charge in [-0.3, -0.25) is 28.3 Å². The minimum Gasteiger partial charge on any atom is -0.442 e. The highest BCUT2D eigenvalue weighted by Crippen LogP contribution is 2.52. The molecule has 0 N–H and O–H groups in total. The van der Waals surface area contributed by atoms with Crippen LogP contribution in [0.5, 0.6) is 0 Å². The van der Waals surface area contributed by atoms with Crippen LogP contribution in [0.1, 0.15) is 17.1 Å². The van der Waals surface area contributed by atoms with E-state index in [1.54, 1.807) is 18.6 Å². The van der Waals surface area contributed by atoms with Gasteiger partial charge in [0.1, 0.15) is 72.7 Å². The lowest BCUT2D eigenvalue weighted by Crippen LogP contribution is -2.26. The number of carbonyl (C=O) groups excluding carboxylic acids is 3. The van der Waals surface area contributed by atoms with Crippen LogP contribution in [0.2, 0.25) is 0 Å². The van der Waals surface area contributed by atoms with Crippen molar-refractivity contribution in [3.8, 4) is 34.0 Å². The fourth-order valence-electron chi connectivity index (χ4n) is 8.78. The standard InChI is InChI=1S/C48H39F3N15O13P/c49-40-16-31(64-22-34(74-46(64)67)19-61-10-7-52-58-61)1-4-37(40)43-13-28(55-77-43)25-71-80(70,72-26-29-14-44(78-56-29)38-5-2-32(17-41(38)50)65-23-35(75-47(65)68)20-62-11-8-53-59-62)73-27-30-15-45(79-57-30)39-6-3-33(18-42(39)51)66-24-36(76-48(66)69)21-63-12-9-54-60-63/h1-18,34-36H,19-27H2/t34-,35-,36-/m0/s1. The number of phosphoric acid groups is 1. The van der Waals surface area contributed by atoms with Gasteiger partial charge in [0.25, 0.3) is 0 Å². The summed E-state index contributed by atoms with van der Waals surface area (Å²) in [4.78, 5) is 41.9. The third-order valence-electron chi connectivity index (χ3n) is 12.6. The third kappa shape index (κ3) is 11.1. The highest BCUT2D eigenvalue weighted by atomic mass is 31.2. The quantitative estimate of drug-likeness (QED) is 0.0517. The lowest BCUT2D eigenvalue weighted by molar-refractivity contribution is 0.0930. The number of amides is 3. The molecule has 0 radical (unpaired) electrons. The van der Waals surface area contributed by atoms with Crippen molar-refractivity contribution in [2.45, 2.75) is 57.8 Å². The van der Waals surface area contributed by atoms with E-state index in [1.807, 2.05) is 0 Å². The van der Waals surface area contributed by atoms with Gasteiger partial charge in [-0.15, -0.1) is 15.3 Å². The summed E-state index contributed by atoms with van der Waals surface area (Å²) in [5.41, 5.74) is 0.613. The molecule has 3 atom stereocenters. The monoisotopic (exact) mass is 1120 g/mol. The summed E-state index contributed by atoms with van der Waals surface area (Å²) >= 11 is 0. The van der Waals surface area contributed by atoms with E-state index in [4.69, 9.17) is 41.4 Å². The summed E-state index contributed by atoms with van der Waals surface area (Å²) < 4.78 is 116. The molecule has 6 aromatic heterocycles. The highest BCUT2D eigenvalue weighted by Gasteiger charge is 2.37. The van der Waals surface area contributed by atoms with E-state index in [9.17, 15) is 18.9 Å². The summed E-state index contributed by atoms with van der Waals surface area (Å²) in [6.45, 7) is -0.649. The number of hydrogen-bond donors (Lipinski definition) is 0. The molecule has 0 bridgehead atoms. The van der Waals surface area contributed by atoms with Gasteiger partial charge in [0.2, 0.25) is 0 Å². The molecule has 3 saturated heterocycles. The lowest BCUT2D eigenvalue weighted by Gasteiger charge is -2.16. The van der Waals surface area contributed by atoms with Crippen molar-refractivity contribution in [3.63, 3.8) is 0 Å². The Labute approximate surface area is 446 Å². The van der Waals surface area contributed by atoms with Crippen molar-refractivity contribution in [2.75, 3.05) is 34.3 Å². The van der Waals surface area contributed by atoms with Gasteiger partial charge in [0, 0.05) is 36.8 Å².